The number of benzene rings is 7. The van der Waals surface area contributed by atoms with E-state index in [0.717, 1.165) is 34.8 Å². The fourth-order valence-electron chi connectivity index (χ4n) is 7.82. The van der Waals surface area contributed by atoms with E-state index in [9.17, 15) is 0 Å². The fourth-order valence-corrected chi connectivity index (χ4v) is 7.82. The van der Waals surface area contributed by atoms with E-state index in [2.05, 4.69) is 172 Å². The zero-order valence-corrected chi connectivity index (χ0v) is 28.5. The Morgan fingerprint density at radius 3 is 1.50 bits per heavy atom. The van der Waals surface area contributed by atoms with E-state index in [1.807, 2.05) is 0 Å². The molecule has 9 rings (SSSR count). The van der Waals surface area contributed by atoms with Crippen LogP contribution in [0.25, 0.3) is 82.7 Å². The van der Waals surface area contributed by atoms with Crippen molar-refractivity contribution in [1.29, 1.82) is 0 Å². The van der Waals surface area contributed by atoms with Gasteiger partial charge in [0.2, 0.25) is 0 Å². The molecule has 2 unspecified atom stereocenters. The van der Waals surface area contributed by atoms with Gasteiger partial charge in [0.1, 0.15) is 0 Å². The average Bonchev–Trinajstić information content (AvgIpc) is 3.19. The Morgan fingerprint density at radius 2 is 0.880 bits per heavy atom. The minimum Gasteiger partial charge on any atom is -0.228 e. The van der Waals surface area contributed by atoms with Gasteiger partial charge in [-0.3, -0.25) is 0 Å². The molecule has 240 valence electrons. The van der Waals surface area contributed by atoms with Crippen molar-refractivity contribution < 1.29 is 0 Å². The highest BCUT2D eigenvalue weighted by atomic mass is 14.9. The zero-order chi connectivity index (χ0) is 33.6. The highest BCUT2D eigenvalue weighted by Gasteiger charge is 2.22. The first-order valence-corrected chi connectivity index (χ1v) is 17.8. The third kappa shape index (κ3) is 5.47. The SMILES string of the molecule is CC1C=C(c2nc(-c3cccc(-c4ccccc4)c3)cc(-c3cccc(-c4ccc5c6ccccc6c6ccccc6c5c4)c3)n2)C(C)CC1. The molecule has 2 heteroatoms. The van der Waals surface area contributed by atoms with Crippen LogP contribution in [0.15, 0.2) is 158 Å². The summed E-state index contributed by atoms with van der Waals surface area (Å²) in [5, 5.41) is 7.72. The molecule has 0 N–H and O–H groups in total. The van der Waals surface area contributed by atoms with Gasteiger partial charge in [0.15, 0.2) is 5.82 Å². The van der Waals surface area contributed by atoms with E-state index in [1.165, 1.54) is 66.6 Å². The molecule has 2 atom stereocenters. The number of fused-ring (bicyclic) bond motifs is 6. The van der Waals surface area contributed by atoms with Crippen LogP contribution in [0.2, 0.25) is 0 Å². The van der Waals surface area contributed by atoms with Gasteiger partial charge in [-0.15, -0.1) is 0 Å². The van der Waals surface area contributed by atoms with Crippen LogP contribution < -0.4 is 0 Å². The molecule has 2 nitrogen and oxygen atoms in total. The van der Waals surface area contributed by atoms with Gasteiger partial charge in [0, 0.05) is 11.1 Å². The maximum atomic E-state index is 5.30. The van der Waals surface area contributed by atoms with Crippen molar-refractivity contribution in [3.05, 3.63) is 164 Å². The van der Waals surface area contributed by atoms with Crippen molar-refractivity contribution >= 4 is 37.9 Å². The van der Waals surface area contributed by atoms with Crippen LogP contribution in [0, 0.1) is 11.8 Å². The molecule has 0 saturated heterocycles. The van der Waals surface area contributed by atoms with Crippen LogP contribution >= 0.6 is 0 Å². The summed E-state index contributed by atoms with van der Waals surface area (Å²) < 4.78 is 0. The second kappa shape index (κ2) is 12.5. The summed E-state index contributed by atoms with van der Waals surface area (Å²) in [5.41, 5.74) is 10.1. The van der Waals surface area contributed by atoms with Crippen molar-refractivity contribution in [2.75, 3.05) is 0 Å². The third-order valence-electron chi connectivity index (χ3n) is 10.5. The van der Waals surface area contributed by atoms with Gasteiger partial charge in [-0.2, -0.15) is 0 Å². The van der Waals surface area contributed by atoms with Gasteiger partial charge in [0.25, 0.3) is 0 Å². The van der Waals surface area contributed by atoms with E-state index in [4.69, 9.17) is 9.97 Å². The van der Waals surface area contributed by atoms with E-state index in [1.54, 1.807) is 0 Å². The summed E-state index contributed by atoms with van der Waals surface area (Å²) in [6.45, 7) is 4.62. The Kier molecular flexibility index (Phi) is 7.58. The van der Waals surface area contributed by atoms with Crippen LogP contribution in [0.4, 0.5) is 0 Å². The maximum absolute atomic E-state index is 5.30. The molecule has 0 radical (unpaired) electrons. The van der Waals surface area contributed by atoms with Gasteiger partial charge < -0.3 is 0 Å². The highest BCUT2D eigenvalue weighted by Crippen LogP contribution is 2.39. The third-order valence-corrected chi connectivity index (χ3v) is 10.5. The topological polar surface area (TPSA) is 25.8 Å². The van der Waals surface area contributed by atoms with Crippen molar-refractivity contribution in [2.45, 2.75) is 26.7 Å². The summed E-state index contributed by atoms with van der Waals surface area (Å²) in [7, 11) is 0. The van der Waals surface area contributed by atoms with E-state index < -0.39 is 0 Å². The molecule has 1 aromatic heterocycles. The predicted molar refractivity (Wildman–Crippen MR) is 212 cm³/mol. The first-order valence-electron chi connectivity index (χ1n) is 17.8. The van der Waals surface area contributed by atoms with Gasteiger partial charge in [-0.05, 0) is 109 Å². The lowest BCUT2D eigenvalue weighted by atomic mass is 9.83. The molecule has 1 aliphatic carbocycles. The molecule has 0 spiro atoms. The minimum absolute atomic E-state index is 0.416. The van der Waals surface area contributed by atoms with Crippen molar-refractivity contribution in [2.24, 2.45) is 11.8 Å². The van der Waals surface area contributed by atoms with Crippen LogP contribution in [0.5, 0.6) is 0 Å². The van der Waals surface area contributed by atoms with E-state index >= 15 is 0 Å². The number of rotatable bonds is 5. The molecule has 0 saturated carbocycles. The van der Waals surface area contributed by atoms with Crippen LogP contribution in [-0.2, 0) is 0 Å². The lowest BCUT2D eigenvalue weighted by Gasteiger charge is -2.24. The van der Waals surface area contributed by atoms with Gasteiger partial charge in [-0.25, -0.2) is 9.97 Å². The molecule has 8 aromatic rings. The standard InChI is InChI=1S/C48H38N2/c1-31-22-23-32(2)44(26-31)48-49-46(37-16-10-14-34(27-37)33-12-4-3-5-13-33)30-47(50-48)38-17-11-15-35(28-38)36-24-25-43-41-20-7-6-18-39(41)40-19-8-9-21-42(40)45(43)29-36/h3-21,24-32H,22-23H2,1-2H3. The lowest BCUT2D eigenvalue weighted by Crippen LogP contribution is -2.12. The molecule has 0 amide bonds. The van der Waals surface area contributed by atoms with Gasteiger partial charge in [0.05, 0.1) is 11.4 Å². The van der Waals surface area contributed by atoms with E-state index in [0.29, 0.717) is 11.8 Å². The van der Waals surface area contributed by atoms with Crippen LogP contribution in [-0.4, -0.2) is 9.97 Å². The highest BCUT2D eigenvalue weighted by molar-refractivity contribution is 6.25. The number of aromatic nitrogens is 2. The summed E-state index contributed by atoms with van der Waals surface area (Å²) in [4.78, 5) is 10.6. The van der Waals surface area contributed by atoms with Crippen molar-refractivity contribution in [1.82, 2.24) is 9.97 Å². The summed E-state index contributed by atoms with van der Waals surface area (Å²) in [6, 6.07) is 54.8. The normalized spacial score (nSPS) is 16.2. The molecule has 0 fully saturated rings. The lowest BCUT2D eigenvalue weighted by molar-refractivity contribution is 0.513. The Hall–Kier alpha value is -5.86. The molecular formula is C48H38N2. The Balaban J connectivity index is 1.19. The summed E-state index contributed by atoms with van der Waals surface area (Å²) in [5.74, 6) is 1.78. The predicted octanol–water partition coefficient (Wildman–Crippen LogP) is 13.1. The number of nitrogens with zero attached hydrogens (tertiary/aromatic N) is 2. The number of hydrogen-bond acceptors (Lipinski definition) is 2. The quantitative estimate of drug-likeness (QED) is 0.175. The molecule has 1 aliphatic rings. The molecule has 0 aliphatic heterocycles. The van der Waals surface area contributed by atoms with E-state index in [-0.39, 0.29) is 0 Å². The summed E-state index contributed by atoms with van der Waals surface area (Å²) in [6.07, 6.45) is 4.76. The smallest absolute Gasteiger partial charge is 0.156 e. The average molecular weight is 643 g/mol. The maximum Gasteiger partial charge on any atom is 0.156 e. The van der Waals surface area contributed by atoms with Crippen LogP contribution in [0.1, 0.15) is 32.5 Å². The molecule has 0 bridgehead atoms. The Morgan fingerprint density at radius 1 is 0.400 bits per heavy atom. The van der Waals surface area contributed by atoms with Crippen LogP contribution in [0.3, 0.4) is 0 Å². The number of hydrogen-bond donors (Lipinski definition) is 0. The van der Waals surface area contributed by atoms with Crippen molar-refractivity contribution in [3.8, 4) is 44.8 Å². The zero-order valence-electron chi connectivity index (χ0n) is 28.5. The number of allylic oxidation sites excluding steroid dienone is 2. The molecular weight excluding hydrogens is 605 g/mol. The first-order chi connectivity index (χ1) is 24.6. The molecule has 7 aromatic carbocycles. The van der Waals surface area contributed by atoms with Gasteiger partial charge >= 0.3 is 0 Å². The minimum atomic E-state index is 0.416. The Labute approximate surface area is 293 Å². The second-order valence-corrected chi connectivity index (χ2v) is 13.9. The fraction of sp³-hybridized carbons (Fsp3) is 0.125. The second-order valence-electron chi connectivity index (χ2n) is 13.9. The van der Waals surface area contributed by atoms with Crippen molar-refractivity contribution in [3.63, 3.8) is 0 Å². The first kappa shape index (κ1) is 30.2. The summed E-state index contributed by atoms with van der Waals surface area (Å²) >= 11 is 0. The Bertz CT molecular complexity index is 2540. The van der Waals surface area contributed by atoms with Gasteiger partial charge in [-0.1, -0.05) is 147 Å². The monoisotopic (exact) mass is 642 g/mol. The molecule has 1 heterocycles. The molecule has 50 heavy (non-hydrogen) atoms. The largest absolute Gasteiger partial charge is 0.228 e.